The molecule has 8 heterocycles. The molecule has 58 heavy (non-hydrogen) atoms. The van der Waals surface area contributed by atoms with E-state index in [-0.39, 0.29) is 52.1 Å². The van der Waals surface area contributed by atoms with Gasteiger partial charge in [-0.15, -0.1) is 0 Å². The summed E-state index contributed by atoms with van der Waals surface area (Å²) in [5.74, 6) is 0.885. The summed E-state index contributed by atoms with van der Waals surface area (Å²) < 4.78 is 92.0. The molecule has 2 amide bonds. The van der Waals surface area contributed by atoms with Crippen molar-refractivity contribution in [2.75, 3.05) is 66.2 Å². The molecule has 0 aliphatic carbocycles. The number of nitrogens with zero attached hydrogens (tertiary/aromatic N) is 8. The number of fused-ring (bicyclic) bond motifs is 2. The summed E-state index contributed by atoms with van der Waals surface area (Å²) in [6.45, 7) is 9.49. The SMILES string of the molecule is CC1OC(=O)Nc2ncnc(-c3cc(C(F)(F)F)cc(N4CCNCC4)n3)c21.CC[C@@H]1CNCCN1c1cc(C(F)(F)F)cc(-c2ncnc3c2C(C)OC(=O)N3)n1. The van der Waals surface area contributed by atoms with Gasteiger partial charge in [0.2, 0.25) is 0 Å². The van der Waals surface area contributed by atoms with E-state index >= 15 is 0 Å². The molecule has 4 aromatic heterocycles. The van der Waals surface area contributed by atoms with Crippen molar-refractivity contribution in [1.29, 1.82) is 0 Å². The lowest BCUT2D eigenvalue weighted by Crippen LogP contribution is -2.51. The van der Waals surface area contributed by atoms with Crippen molar-refractivity contribution in [3.8, 4) is 22.8 Å². The molecule has 2 unspecified atom stereocenters. The Morgan fingerprint density at radius 3 is 1.67 bits per heavy atom. The zero-order chi connectivity index (χ0) is 41.4. The molecule has 0 bridgehead atoms. The fraction of sp³-hybridized carbons (Fsp3) is 0.444. The van der Waals surface area contributed by atoms with Gasteiger partial charge in [-0.1, -0.05) is 6.92 Å². The first-order valence-electron chi connectivity index (χ1n) is 18.4. The number of carbonyl (C=O) groups is 2. The minimum atomic E-state index is -4.55. The first-order chi connectivity index (χ1) is 27.6. The molecule has 4 N–H and O–H groups in total. The second kappa shape index (κ2) is 16.2. The third kappa shape index (κ3) is 8.51. The summed E-state index contributed by atoms with van der Waals surface area (Å²) in [4.78, 5) is 52.2. The predicted molar refractivity (Wildman–Crippen MR) is 197 cm³/mol. The zero-order valence-electron chi connectivity index (χ0n) is 31.3. The normalized spacial score (nSPS) is 20.7. The summed E-state index contributed by atoms with van der Waals surface area (Å²) in [5, 5.41) is 11.3. The van der Waals surface area contributed by atoms with Crippen LogP contribution < -0.4 is 31.1 Å². The Morgan fingerprint density at radius 2 is 1.17 bits per heavy atom. The topological polar surface area (TPSA) is 185 Å². The third-order valence-corrected chi connectivity index (χ3v) is 9.91. The maximum Gasteiger partial charge on any atom is 0.416 e. The number of cyclic esters (lactones) is 2. The standard InChI is InChI=1S/C19H21F3N6O2.C17H17F3N6O2/c1-3-12-8-23-4-5-28(12)14-7-11(19(20,21)22)6-13(26-14)16-15-10(2)30-18(29)27-17(15)25-9-24-16;1-9-13-14(22-8-23-15(13)25-16(27)28-9)11-6-10(17(18,19)20)7-12(24-11)26-4-2-21-3-5-26/h6-7,9-10,12,23H,3-5,8H2,1-2H3,(H,24,25,27,29);6-9,21H,2-5H2,1H3,(H,22,23,25,27)/t10?,12-;/m1./s1. The molecule has 3 atom stereocenters. The molecule has 4 aromatic rings. The minimum absolute atomic E-state index is 0.0310. The smallest absolute Gasteiger partial charge is 0.416 e. The molecule has 0 saturated carbocycles. The molecule has 8 rings (SSSR count). The minimum Gasteiger partial charge on any atom is -0.441 e. The molecule has 2 fully saturated rings. The van der Waals surface area contributed by atoms with E-state index in [0.29, 0.717) is 56.9 Å². The van der Waals surface area contributed by atoms with E-state index in [2.05, 4.69) is 51.2 Å². The van der Waals surface area contributed by atoms with Crippen LogP contribution >= 0.6 is 0 Å². The second-order valence-corrected chi connectivity index (χ2v) is 13.7. The van der Waals surface area contributed by atoms with Gasteiger partial charge in [-0.05, 0) is 44.5 Å². The lowest BCUT2D eigenvalue weighted by molar-refractivity contribution is -0.138. The van der Waals surface area contributed by atoms with E-state index in [9.17, 15) is 35.9 Å². The lowest BCUT2D eigenvalue weighted by atomic mass is 10.0. The predicted octanol–water partition coefficient (Wildman–Crippen LogP) is 5.96. The molecule has 2 saturated heterocycles. The van der Waals surface area contributed by atoms with Crippen molar-refractivity contribution in [2.45, 2.75) is 57.8 Å². The Labute approximate surface area is 327 Å². The summed E-state index contributed by atoms with van der Waals surface area (Å²) >= 11 is 0. The Bertz CT molecular complexity index is 2190. The van der Waals surface area contributed by atoms with Crippen LogP contribution in [0, 0.1) is 0 Å². The molecular weight excluding hydrogens is 778 g/mol. The Balaban J connectivity index is 0.000000177. The molecule has 0 spiro atoms. The van der Waals surface area contributed by atoms with Crippen molar-refractivity contribution >= 4 is 35.5 Å². The van der Waals surface area contributed by atoms with Gasteiger partial charge in [0.1, 0.15) is 59.5 Å². The highest BCUT2D eigenvalue weighted by molar-refractivity contribution is 5.89. The van der Waals surface area contributed by atoms with Crippen LogP contribution in [0.2, 0.25) is 0 Å². The number of anilines is 4. The molecule has 4 aliphatic rings. The largest absolute Gasteiger partial charge is 0.441 e. The van der Waals surface area contributed by atoms with Crippen LogP contribution in [-0.4, -0.2) is 93.9 Å². The molecule has 4 aliphatic heterocycles. The number of pyridine rings is 2. The highest BCUT2D eigenvalue weighted by Crippen LogP contribution is 2.41. The van der Waals surface area contributed by atoms with Crippen LogP contribution in [0.15, 0.2) is 36.9 Å². The van der Waals surface area contributed by atoms with Crippen molar-refractivity contribution in [1.82, 2.24) is 40.5 Å². The van der Waals surface area contributed by atoms with Gasteiger partial charge in [0, 0.05) is 51.9 Å². The average Bonchev–Trinajstić information content (AvgIpc) is 3.19. The van der Waals surface area contributed by atoms with Gasteiger partial charge in [-0.2, -0.15) is 26.3 Å². The summed E-state index contributed by atoms with van der Waals surface area (Å²) in [5.41, 5.74) is -0.346. The molecule has 22 heteroatoms. The fourth-order valence-corrected chi connectivity index (χ4v) is 7.09. The number of aromatic nitrogens is 6. The average molecular weight is 817 g/mol. The number of carbonyl (C=O) groups excluding carboxylic acids is 2. The summed E-state index contributed by atoms with van der Waals surface area (Å²) in [7, 11) is 0. The molecular formula is C36H38F6N12O4. The van der Waals surface area contributed by atoms with E-state index in [1.807, 2.05) is 11.8 Å². The van der Waals surface area contributed by atoms with Crippen molar-refractivity contribution < 1.29 is 45.4 Å². The van der Waals surface area contributed by atoms with E-state index in [1.165, 1.54) is 12.7 Å². The number of amides is 2. The second-order valence-electron chi connectivity index (χ2n) is 13.7. The number of alkyl halides is 6. The van der Waals surface area contributed by atoms with Crippen LogP contribution in [0.3, 0.4) is 0 Å². The van der Waals surface area contributed by atoms with Crippen LogP contribution in [0.4, 0.5) is 59.2 Å². The number of piperazine rings is 2. The van der Waals surface area contributed by atoms with Crippen molar-refractivity contribution in [3.05, 3.63) is 59.2 Å². The third-order valence-electron chi connectivity index (χ3n) is 9.91. The van der Waals surface area contributed by atoms with E-state index < -0.39 is 47.9 Å². The highest BCUT2D eigenvalue weighted by Gasteiger charge is 2.37. The summed E-state index contributed by atoms with van der Waals surface area (Å²) in [6.07, 6.45) is -8.76. The monoisotopic (exact) mass is 816 g/mol. The van der Waals surface area contributed by atoms with Gasteiger partial charge in [0.05, 0.1) is 33.6 Å². The number of nitrogens with one attached hydrogen (secondary N) is 4. The van der Waals surface area contributed by atoms with Gasteiger partial charge in [-0.25, -0.2) is 39.5 Å². The number of hydrogen-bond donors (Lipinski definition) is 4. The van der Waals surface area contributed by atoms with Crippen molar-refractivity contribution in [2.24, 2.45) is 0 Å². The van der Waals surface area contributed by atoms with Crippen LogP contribution in [0.25, 0.3) is 22.8 Å². The van der Waals surface area contributed by atoms with Gasteiger partial charge in [0.25, 0.3) is 0 Å². The quantitative estimate of drug-likeness (QED) is 0.173. The van der Waals surface area contributed by atoms with Gasteiger partial charge in [-0.3, -0.25) is 10.6 Å². The maximum absolute atomic E-state index is 13.7. The first-order valence-corrected chi connectivity index (χ1v) is 18.4. The van der Waals surface area contributed by atoms with E-state index in [0.717, 1.165) is 30.7 Å². The van der Waals surface area contributed by atoms with E-state index in [4.69, 9.17) is 9.47 Å². The van der Waals surface area contributed by atoms with Crippen LogP contribution in [0.1, 0.15) is 61.7 Å². The number of rotatable bonds is 5. The molecule has 308 valence electrons. The first kappa shape index (κ1) is 40.3. The van der Waals surface area contributed by atoms with Crippen LogP contribution in [-0.2, 0) is 21.8 Å². The molecule has 0 radical (unpaired) electrons. The fourth-order valence-electron chi connectivity index (χ4n) is 7.09. The van der Waals surface area contributed by atoms with Crippen molar-refractivity contribution in [3.63, 3.8) is 0 Å². The lowest BCUT2D eigenvalue weighted by Gasteiger charge is -2.37. The van der Waals surface area contributed by atoms with Crippen LogP contribution in [0.5, 0.6) is 0 Å². The van der Waals surface area contributed by atoms with E-state index in [1.54, 1.807) is 18.7 Å². The number of hydrogen-bond acceptors (Lipinski definition) is 14. The Kier molecular flexibility index (Phi) is 11.2. The van der Waals surface area contributed by atoms with Gasteiger partial charge >= 0.3 is 24.5 Å². The van der Waals surface area contributed by atoms with Gasteiger partial charge < -0.3 is 29.9 Å². The summed E-state index contributed by atoms with van der Waals surface area (Å²) in [6, 6.07) is 4.08. The maximum atomic E-state index is 13.7. The Morgan fingerprint density at radius 1 is 0.690 bits per heavy atom. The number of halogens is 6. The highest BCUT2D eigenvalue weighted by atomic mass is 19.4. The molecule has 16 nitrogen and oxygen atoms in total. The number of ether oxygens (including phenoxy) is 2. The zero-order valence-corrected chi connectivity index (χ0v) is 31.3. The van der Waals surface area contributed by atoms with Gasteiger partial charge in [0.15, 0.2) is 0 Å². The molecule has 0 aromatic carbocycles. The Hall–Kier alpha value is -5.90.